The van der Waals surface area contributed by atoms with Crippen molar-refractivity contribution in [3.05, 3.63) is 121 Å². The molecule has 8 nitrogen and oxygen atoms in total. The molecule has 208 valence electrons. The van der Waals surface area contributed by atoms with Gasteiger partial charge in [-0.05, 0) is 35.4 Å². The summed E-state index contributed by atoms with van der Waals surface area (Å²) in [7, 11) is 1.60. The quantitative estimate of drug-likeness (QED) is 0.296. The summed E-state index contributed by atoms with van der Waals surface area (Å²) >= 11 is 0. The van der Waals surface area contributed by atoms with Gasteiger partial charge in [0.05, 0.1) is 30.8 Å². The van der Waals surface area contributed by atoms with Crippen LogP contribution in [0.25, 0.3) is 0 Å². The van der Waals surface area contributed by atoms with Crippen LogP contribution in [-0.4, -0.2) is 64.9 Å². The Labute approximate surface area is 239 Å². The standard InChI is InChI=1S/C33H32N4O4/c1-4-20-34(21-5-2)30-28(22-12-8-6-9-13-22)36-27(23-16-18-25(41-3)19-17-23)26-29(37(36)33(30)40)32(39)35(31(26)38)24-14-10-7-11-15-24/h4-19,26-30H,1-2,20-21H2,3H3/t26-,27+,28-,29+,30-/m0/s1. The minimum absolute atomic E-state index is 0.218. The summed E-state index contributed by atoms with van der Waals surface area (Å²) < 4.78 is 5.40. The Hall–Kier alpha value is -4.53. The molecule has 3 amide bonds. The van der Waals surface area contributed by atoms with E-state index in [1.54, 1.807) is 48.5 Å². The zero-order valence-corrected chi connectivity index (χ0v) is 22.9. The highest BCUT2D eigenvalue weighted by Gasteiger charge is 2.69. The molecule has 0 radical (unpaired) electrons. The molecule has 3 aromatic carbocycles. The first-order chi connectivity index (χ1) is 20.0. The SMILES string of the molecule is C=CCN(CC=C)[C@@H]1C(=O)N2[C@H]3C(=O)N(c4ccccc4)C(=O)[C@H]3[C@@H](c3ccc(OC)cc3)N2[C@H]1c1ccccc1. The number of anilines is 1. The van der Waals surface area contributed by atoms with E-state index in [1.165, 1.54) is 4.90 Å². The molecule has 0 aliphatic carbocycles. The van der Waals surface area contributed by atoms with Crippen LogP contribution in [0.4, 0.5) is 5.69 Å². The predicted octanol–water partition coefficient (Wildman–Crippen LogP) is 4.15. The van der Waals surface area contributed by atoms with Gasteiger partial charge < -0.3 is 4.74 Å². The van der Waals surface area contributed by atoms with E-state index in [1.807, 2.05) is 70.6 Å². The molecule has 8 heteroatoms. The highest BCUT2D eigenvalue weighted by atomic mass is 16.5. The maximum absolute atomic E-state index is 14.5. The summed E-state index contributed by atoms with van der Waals surface area (Å²) in [6, 6.07) is 23.6. The number of fused-ring (bicyclic) bond motifs is 3. The topological polar surface area (TPSA) is 73.4 Å². The number of ether oxygens (including phenoxy) is 1. The van der Waals surface area contributed by atoms with Crippen molar-refractivity contribution in [1.82, 2.24) is 14.9 Å². The molecule has 6 rings (SSSR count). The molecule has 3 fully saturated rings. The monoisotopic (exact) mass is 548 g/mol. The lowest BCUT2D eigenvalue weighted by Gasteiger charge is -2.36. The first-order valence-corrected chi connectivity index (χ1v) is 13.7. The normalized spacial score (nSPS) is 25.5. The molecule has 0 unspecified atom stereocenters. The van der Waals surface area contributed by atoms with Crippen molar-refractivity contribution < 1.29 is 19.1 Å². The molecule has 0 spiro atoms. The van der Waals surface area contributed by atoms with Crippen LogP contribution in [0.15, 0.2) is 110 Å². The molecule has 3 heterocycles. The van der Waals surface area contributed by atoms with E-state index in [4.69, 9.17) is 4.74 Å². The molecule has 0 saturated carbocycles. The van der Waals surface area contributed by atoms with Gasteiger partial charge in [-0.3, -0.25) is 24.3 Å². The summed E-state index contributed by atoms with van der Waals surface area (Å²) in [6.07, 6.45) is 3.53. The Morgan fingerprint density at radius 1 is 0.732 bits per heavy atom. The number of benzene rings is 3. The summed E-state index contributed by atoms with van der Waals surface area (Å²) in [6.45, 7) is 8.74. The van der Waals surface area contributed by atoms with Crippen LogP contribution in [0.3, 0.4) is 0 Å². The number of carbonyl (C=O) groups excluding carboxylic acids is 3. The number of hydrazine groups is 1. The van der Waals surface area contributed by atoms with E-state index >= 15 is 0 Å². The van der Waals surface area contributed by atoms with Crippen molar-refractivity contribution in [2.75, 3.05) is 25.1 Å². The van der Waals surface area contributed by atoms with Crippen LogP contribution in [0.2, 0.25) is 0 Å². The molecule has 3 saturated heterocycles. The van der Waals surface area contributed by atoms with Crippen LogP contribution in [0.1, 0.15) is 23.2 Å². The van der Waals surface area contributed by atoms with Gasteiger partial charge in [-0.2, -0.15) is 5.01 Å². The number of nitrogens with zero attached hydrogens (tertiary/aromatic N) is 4. The number of hydrogen-bond donors (Lipinski definition) is 0. The Morgan fingerprint density at radius 3 is 1.90 bits per heavy atom. The Balaban J connectivity index is 1.54. The van der Waals surface area contributed by atoms with Gasteiger partial charge in [-0.1, -0.05) is 72.8 Å². The third-order valence-corrected chi connectivity index (χ3v) is 8.25. The van der Waals surface area contributed by atoms with Crippen LogP contribution < -0.4 is 9.64 Å². The summed E-state index contributed by atoms with van der Waals surface area (Å²) in [5.74, 6) is -1.03. The van der Waals surface area contributed by atoms with Gasteiger partial charge in [-0.25, -0.2) is 4.90 Å². The van der Waals surface area contributed by atoms with E-state index in [0.29, 0.717) is 24.5 Å². The fourth-order valence-corrected chi connectivity index (χ4v) is 6.63. The van der Waals surface area contributed by atoms with Crippen LogP contribution in [0, 0.1) is 5.92 Å². The molecule has 3 aliphatic heterocycles. The second-order valence-corrected chi connectivity index (χ2v) is 10.4. The Kier molecular flexibility index (Phi) is 7.03. The number of rotatable bonds is 9. The van der Waals surface area contributed by atoms with Gasteiger partial charge in [-0.15, -0.1) is 13.2 Å². The highest BCUT2D eigenvalue weighted by Crippen LogP contribution is 2.55. The zero-order chi connectivity index (χ0) is 28.7. The average molecular weight is 549 g/mol. The number of para-hydroxylation sites is 1. The van der Waals surface area contributed by atoms with Crippen molar-refractivity contribution >= 4 is 23.4 Å². The van der Waals surface area contributed by atoms with E-state index in [0.717, 1.165) is 11.1 Å². The lowest BCUT2D eigenvalue weighted by Crippen LogP contribution is -2.48. The van der Waals surface area contributed by atoms with E-state index in [2.05, 4.69) is 13.2 Å². The molecule has 0 bridgehead atoms. The van der Waals surface area contributed by atoms with Crippen LogP contribution in [0.5, 0.6) is 5.75 Å². The second kappa shape index (κ2) is 10.8. The summed E-state index contributed by atoms with van der Waals surface area (Å²) in [5.41, 5.74) is 2.25. The van der Waals surface area contributed by atoms with Crippen LogP contribution >= 0.6 is 0 Å². The largest absolute Gasteiger partial charge is 0.497 e. The van der Waals surface area contributed by atoms with Crippen molar-refractivity contribution in [2.24, 2.45) is 5.92 Å². The fraction of sp³-hybridized carbons (Fsp3) is 0.242. The molecular weight excluding hydrogens is 516 g/mol. The zero-order valence-electron chi connectivity index (χ0n) is 22.9. The number of hydrogen-bond acceptors (Lipinski definition) is 6. The van der Waals surface area contributed by atoms with Crippen molar-refractivity contribution in [3.63, 3.8) is 0 Å². The predicted molar refractivity (Wildman–Crippen MR) is 156 cm³/mol. The first-order valence-electron chi connectivity index (χ1n) is 13.7. The van der Waals surface area contributed by atoms with Crippen molar-refractivity contribution in [3.8, 4) is 5.75 Å². The van der Waals surface area contributed by atoms with Crippen molar-refractivity contribution in [1.29, 1.82) is 0 Å². The summed E-state index contributed by atoms with van der Waals surface area (Å²) in [5, 5.41) is 3.56. The Morgan fingerprint density at radius 2 is 1.32 bits per heavy atom. The Bertz CT molecular complexity index is 1470. The number of amides is 3. The van der Waals surface area contributed by atoms with E-state index < -0.39 is 36.0 Å². The minimum Gasteiger partial charge on any atom is -0.497 e. The summed E-state index contributed by atoms with van der Waals surface area (Å²) in [4.78, 5) is 46.2. The van der Waals surface area contributed by atoms with E-state index in [-0.39, 0.29) is 11.8 Å². The molecule has 0 N–H and O–H groups in total. The lowest BCUT2D eigenvalue weighted by molar-refractivity contribution is -0.146. The first kappa shape index (κ1) is 26.7. The number of carbonyl (C=O) groups is 3. The van der Waals surface area contributed by atoms with E-state index in [9.17, 15) is 14.4 Å². The lowest BCUT2D eigenvalue weighted by atomic mass is 9.87. The third kappa shape index (κ3) is 4.18. The molecule has 0 aromatic heterocycles. The van der Waals surface area contributed by atoms with Crippen molar-refractivity contribution in [2.45, 2.75) is 24.2 Å². The van der Waals surface area contributed by atoms with Gasteiger partial charge in [0, 0.05) is 13.1 Å². The number of imide groups is 1. The molecule has 41 heavy (non-hydrogen) atoms. The molecule has 3 aliphatic rings. The number of methoxy groups -OCH3 is 1. The van der Waals surface area contributed by atoms with Gasteiger partial charge in [0.25, 0.3) is 11.8 Å². The van der Waals surface area contributed by atoms with Gasteiger partial charge in [0.15, 0.2) is 0 Å². The average Bonchev–Trinajstić information content (AvgIpc) is 3.59. The second-order valence-electron chi connectivity index (χ2n) is 10.4. The van der Waals surface area contributed by atoms with Gasteiger partial charge in [0.1, 0.15) is 17.8 Å². The van der Waals surface area contributed by atoms with Gasteiger partial charge in [0.2, 0.25) is 5.91 Å². The maximum atomic E-state index is 14.5. The third-order valence-electron chi connectivity index (χ3n) is 8.25. The van der Waals surface area contributed by atoms with Crippen LogP contribution in [-0.2, 0) is 14.4 Å². The highest BCUT2D eigenvalue weighted by molar-refractivity contribution is 6.25. The fourth-order valence-electron chi connectivity index (χ4n) is 6.63. The molecule has 5 atom stereocenters. The maximum Gasteiger partial charge on any atom is 0.259 e. The van der Waals surface area contributed by atoms with Gasteiger partial charge >= 0.3 is 0 Å². The minimum atomic E-state index is -0.965. The molecule has 3 aromatic rings. The smallest absolute Gasteiger partial charge is 0.259 e. The molecular formula is C33H32N4O4.